The Kier molecular flexibility index (Phi) is 6.14. The molecule has 0 spiro atoms. The first-order chi connectivity index (χ1) is 14.9. The second kappa shape index (κ2) is 8.83. The number of fused-ring (bicyclic) bond motifs is 1. The van der Waals surface area contributed by atoms with E-state index in [0.29, 0.717) is 6.04 Å². The number of aromatic nitrogens is 2. The fourth-order valence-electron chi connectivity index (χ4n) is 4.65. The molecule has 31 heavy (non-hydrogen) atoms. The fraction of sp³-hybridized carbons (Fsp3) is 0.542. The summed E-state index contributed by atoms with van der Waals surface area (Å²) in [5, 5.41) is 2.94. The van der Waals surface area contributed by atoms with E-state index < -0.39 is 5.54 Å². The Balaban J connectivity index is 1.39. The maximum Gasteiger partial charge on any atom is 0.225 e. The number of ether oxygens (including phenoxy) is 1. The number of piperazine rings is 1. The van der Waals surface area contributed by atoms with E-state index in [1.807, 2.05) is 26.2 Å². The largest absolute Gasteiger partial charge is 0.493 e. The Morgan fingerprint density at radius 2 is 1.90 bits per heavy atom. The molecular weight excluding hydrogens is 390 g/mol. The van der Waals surface area contributed by atoms with Gasteiger partial charge >= 0.3 is 0 Å². The highest BCUT2D eigenvalue weighted by atomic mass is 16.5. The van der Waals surface area contributed by atoms with Crippen molar-refractivity contribution in [2.24, 2.45) is 0 Å². The number of benzene rings is 1. The minimum absolute atomic E-state index is 0.0642. The van der Waals surface area contributed by atoms with Crippen LogP contribution in [0.4, 0.5) is 5.95 Å². The number of hydrogen-bond donors (Lipinski definition) is 1. The number of nitrogens with zero attached hydrogens (tertiary/aromatic N) is 4. The second-order valence-corrected chi connectivity index (χ2v) is 8.99. The molecule has 1 fully saturated rings. The molecule has 1 atom stereocenters. The SMILES string of the molecule is CCC(c1ccc2c(c1)OCC2)N1CCN(c2ncc(C(C)(C)NC(C)=O)cn2)CC1. The molecule has 2 aromatic rings. The Hall–Kier alpha value is -2.67. The number of nitrogens with one attached hydrogen (secondary N) is 1. The van der Waals surface area contributed by atoms with Crippen molar-refractivity contribution in [3.8, 4) is 5.75 Å². The highest BCUT2D eigenvalue weighted by molar-refractivity contribution is 5.74. The van der Waals surface area contributed by atoms with E-state index in [-0.39, 0.29) is 5.91 Å². The van der Waals surface area contributed by atoms with Gasteiger partial charge in [0.25, 0.3) is 0 Å². The summed E-state index contributed by atoms with van der Waals surface area (Å²) in [5.74, 6) is 1.75. The Labute approximate surface area is 184 Å². The summed E-state index contributed by atoms with van der Waals surface area (Å²) in [6.07, 6.45) is 5.74. The number of rotatable bonds is 6. The van der Waals surface area contributed by atoms with Gasteiger partial charge in [0.2, 0.25) is 11.9 Å². The maximum absolute atomic E-state index is 11.4. The molecule has 0 bridgehead atoms. The zero-order valence-corrected chi connectivity index (χ0v) is 19.0. The van der Waals surface area contributed by atoms with Crippen molar-refractivity contribution in [1.29, 1.82) is 0 Å². The fourth-order valence-corrected chi connectivity index (χ4v) is 4.65. The average Bonchev–Trinajstić information content (AvgIpc) is 3.22. The smallest absolute Gasteiger partial charge is 0.225 e. The van der Waals surface area contributed by atoms with Crippen LogP contribution in [0.1, 0.15) is 56.8 Å². The van der Waals surface area contributed by atoms with Crippen LogP contribution in [0.15, 0.2) is 30.6 Å². The van der Waals surface area contributed by atoms with E-state index >= 15 is 0 Å². The van der Waals surface area contributed by atoms with Crippen LogP contribution in [0.5, 0.6) is 5.75 Å². The first-order valence-corrected chi connectivity index (χ1v) is 11.2. The first kappa shape index (κ1) is 21.6. The molecule has 0 aliphatic carbocycles. The molecule has 1 aromatic carbocycles. The topological polar surface area (TPSA) is 70.6 Å². The van der Waals surface area contributed by atoms with Crippen molar-refractivity contribution in [2.75, 3.05) is 37.7 Å². The average molecular weight is 424 g/mol. The molecule has 7 nitrogen and oxygen atoms in total. The molecule has 2 aliphatic heterocycles. The van der Waals surface area contributed by atoms with Crippen molar-refractivity contribution < 1.29 is 9.53 Å². The minimum Gasteiger partial charge on any atom is -0.493 e. The summed E-state index contributed by atoms with van der Waals surface area (Å²) in [6, 6.07) is 7.14. The second-order valence-electron chi connectivity index (χ2n) is 8.99. The van der Waals surface area contributed by atoms with Gasteiger partial charge in [-0.2, -0.15) is 0 Å². The van der Waals surface area contributed by atoms with Gasteiger partial charge in [-0.05, 0) is 37.5 Å². The molecule has 4 rings (SSSR count). The third-order valence-corrected chi connectivity index (χ3v) is 6.38. The van der Waals surface area contributed by atoms with Crippen LogP contribution in [-0.4, -0.2) is 53.6 Å². The molecular formula is C24H33N5O2. The number of carbonyl (C=O) groups is 1. The molecule has 2 aliphatic rings. The summed E-state index contributed by atoms with van der Waals surface area (Å²) in [6.45, 7) is 12.2. The molecule has 3 heterocycles. The van der Waals surface area contributed by atoms with E-state index in [4.69, 9.17) is 4.74 Å². The summed E-state index contributed by atoms with van der Waals surface area (Å²) >= 11 is 0. The summed E-state index contributed by atoms with van der Waals surface area (Å²) in [4.78, 5) is 25.4. The van der Waals surface area contributed by atoms with Crippen LogP contribution in [0.25, 0.3) is 0 Å². The van der Waals surface area contributed by atoms with Crippen LogP contribution in [0, 0.1) is 0 Å². The van der Waals surface area contributed by atoms with Crippen LogP contribution in [0.2, 0.25) is 0 Å². The van der Waals surface area contributed by atoms with Gasteiger partial charge in [-0.25, -0.2) is 9.97 Å². The minimum atomic E-state index is -0.489. The standard InChI is InChI=1S/C24H33N5O2/c1-5-21(19-7-6-18-8-13-31-22(18)14-19)28-9-11-29(12-10-28)23-25-15-20(16-26-23)24(3,4)27-17(2)30/h6-7,14-16,21H,5,8-13H2,1-4H3,(H,27,30). The van der Waals surface area contributed by atoms with Crippen LogP contribution in [-0.2, 0) is 16.8 Å². The lowest BCUT2D eigenvalue weighted by Gasteiger charge is -2.39. The van der Waals surface area contributed by atoms with E-state index in [9.17, 15) is 4.79 Å². The van der Waals surface area contributed by atoms with Gasteiger partial charge in [-0.15, -0.1) is 0 Å². The summed E-state index contributed by atoms with van der Waals surface area (Å²) < 4.78 is 5.78. The van der Waals surface area contributed by atoms with Crippen molar-refractivity contribution >= 4 is 11.9 Å². The zero-order valence-electron chi connectivity index (χ0n) is 19.0. The normalized spacial score (nSPS) is 17.7. The lowest BCUT2D eigenvalue weighted by molar-refractivity contribution is -0.120. The van der Waals surface area contributed by atoms with Crippen LogP contribution < -0.4 is 15.0 Å². The Morgan fingerprint density at radius 3 is 2.55 bits per heavy atom. The van der Waals surface area contributed by atoms with Gasteiger partial charge in [0.15, 0.2) is 0 Å². The Morgan fingerprint density at radius 1 is 1.19 bits per heavy atom. The number of carbonyl (C=O) groups excluding carboxylic acids is 1. The first-order valence-electron chi connectivity index (χ1n) is 11.2. The molecule has 0 radical (unpaired) electrons. The van der Waals surface area contributed by atoms with E-state index in [1.165, 1.54) is 18.1 Å². The lowest BCUT2D eigenvalue weighted by Crippen LogP contribution is -2.48. The molecule has 1 N–H and O–H groups in total. The van der Waals surface area contributed by atoms with Crippen LogP contribution >= 0.6 is 0 Å². The van der Waals surface area contributed by atoms with Crippen molar-refractivity contribution in [2.45, 2.75) is 52.1 Å². The molecule has 1 unspecified atom stereocenters. The third kappa shape index (κ3) is 4.66. The molecule has 1 saturated heterocycles. The van der Waals surface area contributed by atoms with E-state index in [2.05, 4.69) is 50.2 Å². The molecule has 0 saturated carbocycles. The van der Waals surface area contributed by atoms with Gasteiger partial charge < -0.3 is 15.0 Å². The van der Waals surface area contributed by atoms with Gasteiger partial charge in [-0.1, -0.05) is 19.1 Å². The molecule has 7 heteroatoms. The highest BCUT2D eigenvalue weighted by Gasteiger charge is 2.27. The van der Waals surface area contributed by atoms with Crippen LogP contribution in [0.3, 0.4) is 0 Å². The Bertz CT molecular complexity index is 920. The number of hydrogen-bond acceptors (Lipinski definition) is 6. The zero-order chi connectivity index (χ0) is 22.0. The van der Waals surface area contributed by atoms with Gasteiger partial charge in [0.05, 0.1) is 12.1 Å². The van der Waals surface area contributed by atoms with Crippen molar-refractivity contribution in [3.05, 3.63) is 47.3 Å². The van der Waals surface area contributed by atoms with Gasteiger partial charge in [0, 0.05) is 63.5 Å². The van der Waals surface area contributed by atoms with E-state index in [1.54, 1.807) is 0 Å². The highest BCUT2D eigenvalue weighted by Crippen LogP contribution is 2.33. The maximum atomic E-state index is 11.4. The monoisotopic (exact) mass is 423 g/mol. The van der Waals surface area contributed by atoms with Gasteiger partial charge in [-0.3, -0.25) is 9.69 Å². The molecule has 1 aromatic heterocycles. The predicted molar refractivity (Wildman–Crippen MR) is 121 cm³/mol. The number of anilines is 1. The predicted octanol–water partition coefficient (Wildman–Crippen LogP) is 3.06. The van der Waals surface area contributed by atoms with Gasteiger partial charge in [0.1, 0.15) is 5.75 Å². The lowest BCUT2D eigenvalue weighted by atomic mass is 9.97. The summed E-state index contributed by atoms with van der Waals surface area (Å²) in [5.41, 5.74) is 3.08. The third-order valence-electron chi connectivity index (χ3n) is 6.38. The molecule has 166 valence electrons. The summed E-state index contributed by atoms with van der Waals surface area (Å²) in [7, 11) is 0. The molecule has 1 amide bonds. The van der Waals surface area contributed by atoms with E-state index in [0.717, 1.165) is 62.9 Å². The quantitative estimate of drug-likeness (QED) is 0.770. The van der Waals surface area contributed by atoms with Crippen molar-refractivity contribution in [1.82, 2.24) is 20.2 Å². The number of amides is 1. The van der Waals surface area contributed by atoms with Crippen molar-refractivity contribution in [3.63, 3.8) is 0 Å².